The van der Waals surface area contributed by atoms with Crippen molar-refractivity contribution in [2.45, 2.75) is 18.9 Å². The molecule has 1 unspecified atom stereocenters. The SMILES string of the molecule is Oc1ccc(NC2CCCOC2)cc1F. The molecular formula is C11H14FNO2. The lowest BCUT2D eigenvalue weighted by molar-refractivity contribution is 0.0876. The van der Waals surface area contributed by atoms with Gasteiger partial charge in [0.05, 0.1) is 6.61 Å². The van der Waals surface area contributed by atoms with Crippen LogP contribution in [-0.4, -0.2) is 24.4 Å². The molecule has 0 aromatic heterocycles. The molecule has 1 saturated heterocycles. The highest BCUT2D eigenvalue weighted by atomic mass is 19.1. The molecule has 1 aliphatic heterocycles. The molecule has 3 nitrogen and oxygen atoms in total. The first-order valence-corrected chi connectivity index (χ1v) is 5.08. The van der Waals surface area contributed by atoms with Gasteiger partial charge >= 0.3 is 0 Å². The molecule has 1 aliphatic rings. The monoisotopic (exact) mass is 211 g/mol. The molecule has 0 saturated carbocycles. The van der Waals surface area contributed by atoms with Crippen LogP contribution >= 0.6 is 0 Å². The number of hydrogen-bond donors (Lipinski definition) is 2. The largest absolute Gasteiger partial charge is 0.505 e. The van der Waals surface area contributed by atoms with Crippen LogP contribution < -0.4 is 5.32 Å². The fourth-order valence-electron chi connectivity index (χ4n) is 1.69. The second kappa shape index (κ2) is 4.49. The average molecular weight is 211 g/mol. The molecule has 1 aromatic rings. The summed E-state index contributed by atoms with van der Waals surface area (Å²) in [5.74, 6) is -0.919. The van der Waals surface area contributed by atoms with Crippen LogP contribution in [0.25, 0.3) is 0 Å². The van der Waals surface area contributed by atoms with E-state index in [0.717, 1.165) is 19.4 Å². The Morgan fingerprint density at radius 3 is 3.00 bits per heavy atom. The van der Waals surface area contributed by atoms with Crippen LogP contribution in [0.3, 0.4) is 0 Å². The van der Waals surface area contributed by atoms with Crippen LogP contribution in [0.15, 0.2) is 18.2 Å². The number of rotatable bonds is 2. The van der Waals surface area contributed by atoms with Crippen molar-refractivity contribution in [1.82, 2.24) is 0 Å². The van der Waals surface area contributed by atoms with Crippen LogP contribution in [0, 0.1) is 5.82 Å². The molecule has 0 radical (unpaired) electrons. The van der Waals surface area contributed by atoms with E-state index in [2.05, 4.69) is 5.32 Å². The van der Waals surface area contributed by atoms with Crippen molar-refractivity contribution in [2.75, 3.05) is 18.5 Å². The van der Waals surface area contributed by atoms with Gasteiger partial charge in [0.25, 0.3) is 0 Å². The summed E-state index contributed by atoms with van der Waals surface area (Å²) in [6.07, 6.45) is 2.06. The van der Waals surface area contributed by atoms with Gasteiger partial charge in [-0.1, -0.05) is 0 Å². The Morgan fingerprint density at radius 1 is 1.47 bits per heavy atom. The van der Waals surface area contributed by atoms with Gasteiger partial charge in [0.2, 0.25) is 0 Å². The Labute approximate surface area is 87.9 Å². The Bertz CT molecular complexity index is 337. The van der Waals surface area contributed by atoms with E-state index in [1.165, 1.54) is 12.1 Å². The minimum atomic E-state index is -0.600. The molecule has 0 amide bonds. The summed E-state index contributed by atoms with van der Waals surface area (Å²) in [6.45, 7) is 1.46. The van der Waals surface area contributed by atoms with E-state index in [-0.39, 0.29) is 11.8 Å². The molecule has 1 atom stereocenters. The first-order valence-electron chi connectivity index (χ1n) is 5.08. The Kier molecular flexibility index (Phi) is 3.06. The van der Waals surface area contributed by atoms with Crippen molar-refractivity contribution >= 4 is 5.69 Å². The van der Waals surface area contributed by atoms with Gasteiger partial charge in [0, 0.05) is 24.4 Å². The number of nitrogens with one attached hydrogen (secondary N) is 1. The van der Waals surface area contributed by atoms with Gasteiger partial charge in [0.15, 0.2) is 11.6 Å². The summed E-state index contributed by atoms with van der Waals surface area (Å²) >= 11 is 0. The molecule has 4 heteroatoms. The van der Waals surface area contributed by atoms with E-state index < -0.39 is 5.82 Å². The fraction of sp³-hybridized carbons (Fsp3) is 0.455. The summed E-state index contributed by atoms with van der Waals surface area (Å²) in [5.41, 5.74) is 0.681. The molecule has 2 rings (SSSR count). The summed E-state index contributed by atoms with van der Waals surface area (Å²) in [6, 6.07) is 4.54. The molecule has 2 N–H and O–H groups in total. The number of benzene rings is 1. The van der Waals surface area contributed by atoms with Gasteiger partial charge in [0.1, 0.15) is 0 Å². The topological polar surface area (TPSA) is 41.5 Å². The zero-order chi connectivity index (χ0) is 10.7. The van der Waals surface area contributed by atoms with Crippen molar-refractivity contribution in [3.8, 4) is 5.75 Å². The van der Waals surface area contributed by atoms with Crippen LogP contribution in [0.1, 0.15) is 12.8 Å². The zero-order valence-electron chi connectivity index (χ0n) is 8.37. The fourth-order valence-corrected chi connectivity index (χ4v) is 1.69. The second-order valence-corrected chi connectivity index (χ2v) is 3.72. The second-order valence-electron chi connectivity index (χ2n) is 3.72. The highest BCUT2D eigenvalue weighted by Gasteiger charge is 2.13. The molecule has 1 heterocycles. The number of halogens is 1. The molecule has 0 aliphatic carbocycles. The molecule has 0 spiro atoms. The first-order chi connectivity index (χ1) is 7.25. The number of phenolic OH excluding ortho intramolecular Hbond substituents is 1. The summed E-state index contributed by atoms with van der Waals surface area (Å²) in [4.78, 5) is 0. The molecule has 15 heavy (non-hydrogen) atoms. The lowest BCUT2D eigenvalue weighted by Crippen LogP contribution is -2.29. The van der Waals surface area contributed by atoms with E-state index in [9.17, 15) is 4.39 Å². The smallest absolute Gasteiger partial charge is 0.166 e. The lowest BCUT2D eigenvalue weighted by atomic mass is 10.1. The molecule has 0 bridgehead atoms. The van der Waals surface area contributed by atoms with Gasteiger partial charge in [-0.15, -0.1) is 0 Å². The molecular weight excluding hydrogens is 197 g/mol. The maximum Gasteiger partial charge on any atom is 0.166 e. The van der Waals surface area contributed by atoms with Crippen molar-refractivity contribution in [3.63, 3.8) is 0 Å². The van der Waals surface area contributed by atoms with Gasteiger partial charge in [-0.25, -0.2) is 4.39 Å². The Hall–Kier alpha value is -1.29. The summed E-state index contributed by atoms with van der Waals surface area (Å²) < 4.78 is 18.3. The third kappa shape index (κ3) is 2.59. The van der Waals surface area contributed by atoms with Gasteiger partial charge in [-0.05, 0) is 25.0 Å². The van der Waals surface area contributed by atoms with E-state index in [1.807, 2.05) is 0 Å². The predicted octanol–water partition coefficient (Wildman–Crippen LogP) is 2.12. The number of anilines is 1. The number of ether oxygens (including phenoxy) is 1. The third-order valence-electron chi connectivity index (χ3n) is 2.48. The predicted molar refractivity (Wildman–Crippen MR) is 55.5 cm³/mol. The molecule has 1 fully saturated rings. The summed E-state index contributed by atoms with van der Waals surface area (Å²) in [5, 5.41) is 12.2. The quantitative estimate of drug-likeness (QED) is 0.736. The van der Waals surface area contributed by atoms with Crippen LogP contribution in [-0.2, 0) is 4.74 Å². The standard InChI is InChI=1S/C11H14FNO2/c12-10-6-8(3-4-11(10)14)13-9-2-1-5-15-7-9/h3-4,6,9,13-14H,1-2,5,7H2. The Morgan fingerprint density at radius 2 is 2.33 bits per heavy atom. The summed E-state index contributed by atoms with van der Waals surface area (Å²) in [7, 11) is 0. The Balaban J connectivity index is 2.00. The number of hydrogen-bond acceptors (Lipinski definition) is 3. The normalized spacial score (nSPS) is 21.3. The van der Waals surface area contributed by atoms with E-state index >= 15 is 0 Å². The van der Waals surface area contributed by atoms with Gasteiger partial charge < -0.3 is 15.2 Å². The number of aromatic hydroxyl groups is 1. The molecule has 1 aromatic carbocycles. The number of phenols is 1. The minimum Gasteiger partial charge on any atom is -0.505 e. The van der Waals surface area contributed by atoms with Crippen LogP contribution in [0.5, 0.6) is 5.75 Å². The van der Waals surface area contributed by atoms with Crippen LogP contribution in [0.2, 0.25) is 0 Å². The van der Waals surface area contributed by atoms with Crippen molar-refractivity contribution < 1.29 is 14.2 Å². The zero-order valence-corrected chi connectivity index (χ0v) is 8.37. The maximum atomic E-state index is 13.0. The van der Waals surface area contributed by atoms with E-state index in [0.29, 0.717) is 12.3 Å². The minimum absolute atomic E-state index is 0.239. The van der Waals surface area contributed by atoms with Crippen molar-refractivity contribution in [2.24, 2.45) is 0 Å². The molecule has 82 valence electrons. The average Bonchev–Trinajstić information content (AvgIpc) is 2.25. The van der Waals surface area contributed by atoms with Crippen molar-refractivity contribution in [1.29, 1.82) is 0 Å². The van der Waals surface area contributed by atoms with E-state index in [1.54, 1.807) is 6.07 Å². The van der Waals surface area contributed by atoms with Crippen molar-refractivity contribution in [3.05, 3.63) is 24.0 Å². The lowest BCUT2D eigenvalue weighted by Gasteiger charge is -2.24. The van der Waals surface area contributed by atoms with Gasteiger partial charge in [-0.3, -0.25) is 0 Å². The van der Waals surface area contributed by atoms with E-state index in [4.69, 9.17) is 9.84 Å². The van der Waals surface area contributed by atoms with Gasteiger partial charge in [-0.2, -0.15) is 0 Å². The highest BCUT2D eigenvalue weighted by Crippen LogP contribution is 2.21. The van der Waals surface area contributed by atoms with Crippen LogP contribution in [0.4, 0.5) is 10.1 Å². The maximum absolute atomic E-state index is 13.0. The first kappa shape index (κ1) is 10.2. The highest BCUT2D eigenvalue weighted by molar-refractivity contribution is 5.47. The third-order valence-corrected chi connectivity index (χ3v) is 2.48.